The lowest BCUT2D eigenvalue weighted by Crippen LogP contribution is -2.28. The van der Waals surface area contributed by atoms with E-state index in [0.29, 0.717) is 24.4 Å². The fourth-order valence-electron chi connectivity index (χ4n) is 4.25. The Labute approximate surface area is 114 Å². The van der Waals surface area contributed by atoms with Gasteiger partial charge in [-0.3, -0.25) is 4.79 Å². The van der Waals surface area contributed by atoms with Gasteiger partial charge in [-0.05, 0) is 37.5 Å². The van der Waals surface area contributed by atoms with Gasteiger partial charge in [-0.15, -0.1) is 0 Å². The van der Waals surface area contributed by atoms with Crippen LogP contribution in [0.4, 0.5) is 0 Å². The molecule has 1 aliphatic heterocycles. The molecule has 1 spiro atoms. The van der Waals surface area contributed by atoms with Crippen LogP contribution in [0, 0.1) is 23.7 Å². The lowest BCUT2D eigenvalue weighted by atomic mass is 9.89. The van der Waals surface area contributed by atoms with Crippen molar-refractivity contribution in [2.24, 2.45) is 23.7 Å². The molecular weight excluding hydrogens is 244 g/mol. The number of esters is 1. The molecule has 0 aromatic rings. The van der Waals surface area contributed by atoms with Crippen LogP contribution >= 0.6 is 0 Å². The zero-order chi connectivity index (χ0) is 13.5. The van der Waals surface area contributed by atoms with Crippen molar-refractivity contribution in [3.05, 3.63) is 0 Å². The molecule has 4 heteroatoms. The van der Waals surface area contributed by atoms with Gasteiger partial charge < -0.3 is 14.2 Å². The average Bonchev–Trinajstić information content (AvgIpc) is 3.04. The van der Waals surface area contributed by atoms with Crippen LogP contribution in [0.25, 0.3) is 0 Å². The topological polar surface area (TPSA) is 44.8 Å². The summed E-state index contributed by atoms with van der Waals surface area (Å²) in [6.07, 6.45) is 4.28. The number of hydrogen-bond donors (Lipinski definition) is 0. The van der Waals surface area contributed by atoms with E-state index in [2.05, 4.69) is 0 Å². The van der Waals surface area contributed by atoms with Gasteiger partial charge in [0.1, 0.15) is 0 Å². The summed E-state index contributed by atoms with van der Waals surface area (Å²) >= 11 is 0. The largest absolute Gasteiger partial charge is 0.466 e. The molecule has 2 saturated carbocycles. The van der Waals surface area contributed by atoms with Crippen molar-refractivity contribution < 1.29 is 19.0 Å². The van der Waals surface area contributed by atoms with Gasteiger partial charge in [0, 0.05) is 12.8 Å². The van der Waals surface area contributed by atoms with Crippen LogP contribution in [0.5, 0.6) is 0 Å². The van der Waals surface area contributed by atoms with Crippen LogP contribution in [0.15, 0.2) is 0 Å². The number of ether oxygens (including phenoxy) is 3. The Balaban J connectivity index is 1.57. The molecule has 3 rings (SSSR count). The van der Waals surface area contributed by atoms with Gasteiger partial charge in [-0.2, -0.15) is 0 Å². The van der Waals surface area contributed by atoms with Crippen LogP contribution < -0.4 is 0 Å². The van der Waals surface area contributed by atoms with Crippen molar-refractivity contribution in [3.8, 4) is 0 Å². The normalized spacial score (nSPS) is 37.5. The number of fused-ring (bicyclic) bond motifs is 1. The van der Waals surface area contributed by atoms with Crippen LogP contribution in [-0.4, -0.2) is 31.6 Å². The highest BCUT2D eigenvalue weighted by Crippen LogP contribution is 2.55. The lowest BCUT2D eigenvalue weighted by molar-refractivity contribution is -0.157. The van der Waals surface area contributed by atoms with Gasteiger partial charge in [-0.1, -0.05) is 6.92 Å². The van der Waals surface area contributed by atoms with E-state index >= 15 is 0 Å². The number of carbonyl (C=O) groups is 1. The zero-order valence-electron chi connectivity index (χ0n) is 11.9. The molecule has 0 amide bonds. The third-order valence-electron chi connectivity index (χ3n) is 5.20. The van der Waals surface area contributed by atoms with E-state index in [0.717, 1.165) is 38.9 Å². The predicted octanol–water partition coefficient (Wildman–Crippen LogP) is 2.36. The van der Waals surface area contributed by atoms with Crippen LogP contribution in [0.3, 0.4) is 0 Å². The maximum absolute atomic E-state index is 11.8. The van der Waals surface area contributed by atoms with E-state index in [-0.39, 0.29) is 17.7 Å². The quantitative estimate of drug-likeness (QED) is 0.737. The van der Waals surface area contributed by atoms with Crippen molar-refractivity contribution in [1.82, 2.24) is 0 Å². The second-order valence-electron chi connectivity index (χ2n) is 6.31. The predicted molar refractivity (Wildman–Crippen MR) is 69.4 cm³/mol. The first-order valence-corrected chi connectivity index (χ1v) is 7.58. The van der Waals surface area contributed by atoms with E-state index in [4.69, 9.17) is 14.2 Å². The van der Waals surface area contributed by atoms with Crippen LogP contribution in [-0.2, 0) is 19.0 Å². The third-order valence-corrected chi connectivity index (χ3v) is 5.20. The Bertz CT molecular complexity index is 332. The van der Waals surface area contributed by atoms with Gasteiger partial charge in [0.2, 0.25) is 0 Å². The molecule has 4 nitrogen and oxygen atoms in total. The highest BCUT2D eigenvalue weighted by Gasteiger charge is 2.53. The molecule has 2 unspecified atom stereocenters. The molecule has 0 radical (unpaired) electrons. The Morgan fingerprint density at radius 1 is 1.26 bits per heavy atom. The van der Waals surface area contributed by atoms with Gasteiger partial charge in [-0.25, -0.2) is 0 Å². The summed E-state index contributed by atoms with van der Waals surface area (Å²) in [5.41, 5.74) is 0. The summed E-state index contributed by atoms with van der Waals surface area (Å²) in [5.74, 6) is 1.54. The van der Waals surface area contributed by atoms with Crippen molar-refractivity contribution in [1.29, 1.82) is 0 Å². The Hall–Kier alpha value is -0.610. The molecule has 0 aromatic carbocycles. The van der Waals surface area contributed by atoms with E-state index in [9.17, 15) is 4.79 Å². The van der Waals surface area contributed by atoms with Crippen molar-refractivity contribution in [2.45, 2.75) is 45.3 Å². The second-order valence-corrected chi connectivity index (χ2v) is 6.31. The summed E-state index contributed by atoms with van der Waals surface area (Å²) in [5, 5.41) is 0. The first-order chi connectivity index (χ1) is 9.13. The molecule has 2 aliphatic carbocycles. The molecule has 108 valence electrons. The lowest BCUT2D eigenvalue weighted by Gasteiger charge is -2.25. The smallest absolute Gasteiger partial charge is 0.308 e. The minimum absolute atomic E-state index is 0.0319. The van der Waals surface area contributed by atoms with Gasteiger partial charge in [0.25, 0.3) is 0 Å². The highest BCUT2D eigenvalue weighted by molar-refractivity contribution is 5.72. The summed E-state index contributed by atoms with van der Waals surface area (Å²) in [4.78, 5) is 11.8. The Kier molecular flexibility index (Phi) is 3.56. The van der Waals surface area contributed by atoms with Crippen molar-refractivity contribution in [2.75, 3.05) is 19.8 Å². The molecule has 0 aromatic heterocycles. The standard InChI is InChI=1S/C15H24O4/c1-3-17-14(16)10(2)11-6-12-8-15(9-13(12)7-11)18-4-5-19-15/h10-13H,3-9H2,1-2H3/t10?,11?,12-,13+. The molecular formula is C15H24O4. The third kappa shape index (κ3) is 2.40. The number of hydrogen-bond acceptors (Lipinski definition) is 4. The summed E-state index contributed by atoms with van der Waals surface area (Å²) < 4.78 is 16.8. The SMILES string of the molecule is CCOC(=O)C(C)C1C[C@@H]2CC3(C[C@@H]2C1)OCCO3. The molecule has 0 bridgehead atoms. The molecule has 0 N–H and O–H groups in total. The summed E-state index contributed by atoms with van der Waals surface area (Å²) in [7, 11) is 0. The number of rotatable bonds is 3. The van der Waals surface area contributed by atoms with E-state index in [1.165, 1.54) is 0 Å². The minimum atomic E-state index is -0.270. The first-order valence-electron chi connectivity index (χ1n) is 7.58. The maximum atomic E-state index is 11.8. The Morgan fingerprint density at radius 2 is 1.84 bits per heavy atom. The first kappa shape index (κ1) is 13.4. The molecule has 3 aliphatic rings. The number of carbonyl (C=O) groups excluding carboxylic acids is 1. The second kappa shape index (κ2) is 5.06. The summed E-state index contributed by atoms with van der Waals surface area (Å²) in [6.45, 7) is 5.84. The zero-order valence-corrected chi connectivity index (χ0v) is 11.9. The summed E-state index contributed by atoms with van der Waals surface area (Å²) in [6, 6.07) is 0. The maximum Gasteiger partial charge on any atom is 0.308 e. The van der Waals surface area contributed by atoms with Crippen LogP contribution in [0.2, 0.25) is 0 Å². The van der Waals surface area contributed by atoms with E-state index in [1.54, 1.807) is 0 Å². The molecule has 1 heterocycles. The average molecular weight is 268 g/mol. The van der Waals surface area contributed by atoms with Crippen LogP contribution in [0.1, 0.15) is 39.5 Å². The van der Waals surface area contributed by atoms with E-state index in [1.807, 2.05) is 13.8 Å². The molecule has 19 heavy (non-hydrogen) atoms. The van der Waals surface area contributed by atoms with E-state index < -0.39 is 0 Å². The van der Waals surface area contributed by atoms with Gasteiger partial charge >= 0.3 is 5.97 Å². The van der Waals surface area contributed by atoms with Gasteiger partial charge in [0.15, 0.2) is 5.79 Å². The fourth-order valence-corrected chi connectivity index (χ4v) is 4.25. The fraction of sp³-hybridized carbons (Fsp3) is 0.933. The molecule has 4 atom stereocenters. The highest BCUT2D eigenvalue weighted by atomic mass is 16.7. The van der Waals surface area contributed by atoms with Gasteiger partial charge in [0.05, 0.1) is 25.7 Å². The van der Waals surface area contributed by atoms with Crippen molar-refractivity contribution >= 4 is 5.97 Å². The molecule has 1 saturated heterocycles. The monoisotopic (exact) mass is 268 g/mol. The Morgan fingerprint density at radius 3 is 2.37 bits per heavy atom. The minimum Gasteiger partial charge on any atom is -0.466 e. The van der Waals surface area contributed by atoms with Crippen molar-refractivity contribution in [3.63, 3.8) is 0 Å². The molecule has 3 fully saturated rings.